The number of carbonyl (C=O) groups is 1. The highest BCUT2D eigenvalue weighted by Gasteiger charge is 2.11. The number of nitro groups is 1. The Bertz CT molecular complexity index is 681. The van der Waals surface area contributed by atoms with E-state index in [9.17, 15) is 14.9 Å². The molecule has 0 aliphatic carbocycles. The van der Waals surface area contributed by atoms with Gasteiger partial charge in [0.25, 0.3) is 5.69 Å². The predicted octanol–water partition coefficient (Wildman–Crippen LogP) is 4.14. The van der Waals surface area contributed by atoms with Crippen LogP contribution in [0.1, 0.15) is 15.9 Å². The fraction of sp³-hybridized carbons (Fsp3) is 0. The molecule has 0 atom stereocenters. The number of rotatable bonds is 4. The van der Waals surface area contributed by atoms with Crippen molar-refractivity contribution in [2.24, 2.45) is 0 Å². The number of nitrogens with zero attached hydrogens (tertiary/aromatic N) is 1. The Morgan fingerprint density at radius 1 is 1.15 bits per heavy atom. The lowest BCUT2D eigenvalue weighted by atomic mass is 10.1. The number of ketones is 1. The van der Waals surface area contributed by atoms with E-state index in [2.05, 4.69) is 0 Å². The number of hydrogen-bond donors (Lipinski definition) is 0. The van der Waals surface area contributed by atoms with E-state index in [1.807, 2.05) is 6.07 Å². The average Bonchev–Trinajstić information content (AvgIpc) is 2.46. The van der Waals surface area contributed by atoms with Crippen molar-refractivity contribution in [3.05, 3.63) is 80.9 Å². The molecule has 100 valence electrons. The maximum absolute atomic E-state index is 11.9. The number of halogens is 1. The van der Waals surface area contributed by atoms with E-state index in [0.717, 1.165) is 0 Å². The van der Waals surface area contributed by atoms with E-state index >= 15 is 0 Å². The summed E-state index contributed by atoms with van der Waals surface area (Å²) in [6, 6.07) is 13.2. The van der Waals surface area contributed by atoms with Gasteiger partial charge in [0.1, 0.15) is 5.02 Å². The largest absolute Gasteiger partial charge is 0.289 e. The minimum atomic E-state index is -0.557. The third-order valence-corrected chi connectivity index (χ3v) is 2.97. The molecule has 20 heavy (non-hydrogen) atoms. The molecule has 2 aromatic carbocycles. The van der Waals surface area contributed by atoms with Crippen LogP contribution in [-0.4, -0.2) is 10.7 Å². The molecule has 0 N–H and O–H groups in total. The summed E-state index contributed by atoms with van der Waals surface area (Å²) in [7, 11) is 0. The molecule has 0 aliphatic heterocycles. The second kappa shape index (κ2) is 6.12. The topological polar surface area (TPSA) is 60.2 Å². The number of hydrogen-bond acceptors (Lipinski definition) is 3. The highest BCUT2D eigenvalue weighted by molar-refractivity contribution is 6.32. The quantitative estimate of drug-likeness (QED) is 0.367. The van der Waals surface area contributed by atoms with Crippen molar-refractivity contribution >= 4 is 29.1 Å². The smallest absolute Gasteiger partial charge is 0.288 e. The second-order valence-corrected chi connectivity index (χ2v) is 4.44. The Balaban J connectivity index is 2.22. The third kappa shape index (κ3) is 3.30. The molecule has 2 rings (SSSR count). The predicted molar refractivity (Wildman–Crippen MR) is 77.9 cm³/mol. The normalized spacial score (nSPS) is 10.7. The van der Waals surface area contributed by atoms with Crippen LogP contribution in [0.2, 0.25) is 5.02 Å². The van der Waals surface area contributed by atoms with Gasteiger partial charge in [-0.3, -0.25) is 14.9 Å². The van der Waals surface area contributed by atoms with Crippen molar-refractivity contribution < 1.29 is 9.72 Å². The van der Waals surface area contributed by atoms with Crippen LogP contribution in [0.3, 0.4) is 0 Å². The molecule has 0 aliphatic rings. The molecule has 2 aromatic rings. The Kier molecular flexibility index (Phi) is 4.27. The van der Waals surface area contributed by atoms with Crippen LogP contribution in [0, 0.1) is 10.1 Å². The zero-order valence-electron chi connectivity index (χ0n) is 10.3. The maximum atomic E-state index is 11.9. The van der Waals surface area contributed by atoms with Gasteiger partial charge in [0, 0.05) is 11.6 Å². The molecular formula is C15H10ClNO3. The zero-order chi connectivity index (χ0) is 14.5. The van der Waals surface area contributed by atoms with E-state index in [-0.39, 0.29) is 16.5 Å². The Labute approximate surface area is 120 Å². The highest BCUT2D eigenvalue weighted by atomic mass is 35.5. The monoisotopic (exact) mass is 287 g/mol. The van der Waals surface area contributed by atoms with Crippen LogP contribution < -0.4 is 0 Å². The second-order valence-electron chi connectivity index (χ2n) is 4.03. The highest BCUT2D eigenvalue weighted by Crippen LogP contribution is 2.25. The minimum absolute atomic E-state index is 0.0709. The molecule has 5 heteroatoms. The van der Waals surface area contributed by atoms with E-state index < -0.39 is 4.92 Å². The van der Waals surface area contributed by atoms with Gasteiger partial charge in [-0.25, -0.2) is 0 Å². The van der Waals surface area contributed by atoms with Crippen LogP contribution in [0.25, 0.3) is 6.08 Å². The van der Waals surface area contributed by atoms with Gasteiger partial charge in [-0.2, -0.15) is 0 Å². The number of allylic oxidation sites excluding steroid dienone is 1. The SMILES string of the molecule is O=C(/C=C/c1ccc(Cl)c([N+](=O)[O-])c1)c1ccccc1. The van der Waals surface area contributed by atoms with Crippen molar-refractivity contribution in [1.29, 1.82) is 0 Å². The summed E-state index contributed by atoms with van der Waals surface area (Å²) in [5.41, 5.74) is 0.929. The molecule has 0 aromatic heterocycles. The van der Waals surface area contributed by atoms with Gasteiger partial charge < -0.3 is 0 Å². The lowest BCUT2D eigenvalue weighted by Crippen LogP contribution is -1.93. The van der Waals surface area contributed by atoms with Gasteiger partial charge in [0.2, 0.25) is 0 Å². The third-order valence-electron chi connectivity index (χ3n) is 2.65. The zero-order valence-corrected chi connectivity index (χ0v) is 11.1. The molecule has 0 saturated carbocycles. The summed E-state index contributed by atoms with van der Waals surface area (Å²) in [5, 5.41) is 10.8. The first-order chi connectivity index (χ1) is 9.58. The van der Waals surface area contributed by atoms with Crippen molar-refractivity contribution in [2.75, 3.05) is 0 Å². The van der Waals surface area contributed by atoms with Crippen LogP contribution >= 0.6 is 11.6 Å². The van der Waals surface area contributed by atoms with Gasteiger partial charge in [0.05, 0.1) is 4.92 Å². The molecule has 0 spiro atoms. The lowest BCUT2D eigenvalue weighted by Gasteiger charge is -1.98. The Hall–Kier alpha value is -2.46. The summed E-state index contributed by atoms with van der Waals surface area (Å²) in [6.07, 6.45) is 2.90. The molecule has 0 bridgehead atoms. The van der Waals surface area contributed by atoms with E-state index in [0.29, 0.717) is 11.1 Å². The maximum Gasteiger partial charge on any atom is 0.288 e. The Morgan fingerprint density at radius 2 is 1.85 bits per heavy atom. The Morgan fingerprint density at radius 3 is 2.50 bits per heavy atom. The lowest BCUT2D eigenvalue weighted by molar-refractivity contribution is -0.384. The van der Waals surface area contributed by atoms with Crippen molar-refractivity contribution in [2.45, 2.75) is 0 Å². The van der Waals surface area contributed by atoms with Crippen molar-refractivity contribution in [1.82, 2.24) is 0 Å². The summed E-state index contributed by atoms with van der Waals surface area (Å²) in [4.78, 5) is 22.1. The van der Waals surface area contributed by atoms with E-state index in [4.69, 9.17) is 11.6 Å². The van der Waals surface area contributed by atoms with E-state index in [1.54, 1.807) is 30.3 Å². The van der Waals surface area contributed by atoms with Gasteiger partial charge in [-0.15, -0.1) is 0 Å². The molecule has 0 radical (unpaired) electrons. The molecule has 0 saturated heterocycles. The fourth-order valence-electron chi connectivity index (χ4n) is 1.64. The number of carbonyl (C=O) groups excluding carboxylic acids is 1. The van der Waals surface area contributed by atoms with Crippen molar-refractivity contribution in [3.63, 3.8) is 0 Å². The molecule has 0 amide bonds. The number of nitro benzene ring substituents is 1. The molecule has 4 nitrogen and oxygen atoms in total. The van der Waals surface area contributed by atoms with Gasteiger partial charge in [-0.05, 0) is 17.7 Å². The van der Waals surface area contributed by atoms with Gasteiger partial charge in [-0.1, -0.05) is 54.1 Å². The first kappa shape index (κ1) is 14.0. The number of benzene rings is 2. The van der Waals surface area contributed by atoms with Crippen LogP contribution in [0.4, 0.5) is 5.69 Å². The van der Waals surface area contributed by atoms with Gasteiger partial charge in [0.15, 0.2) is 5.78 Å². The van der Waals surface area contributed by atoms with Crippen LogP contribution in [0.15, 0.2) is 54.6 Å². The fourth-order valence-corrected chi connectivity index (χ4v) is 1.83. The van der Waals surface area contributed by atoms with Gasteiger partial charge >= 0.3 is 0 Å². The first-order valence-corrected chi connectivity index (χ1v) is 6.17. The molecule has 0 unspecified atom stereocenters. The standard InChI is InChI=1S/C15H10ClNO3/c16-13-8-6-11(10-14(13)17(19)20)7-9-15(18)12-4-2-1-3-5-12/h1-10H/b9-7+. The minimum Gasteiger partial charge on any atom is -0.289 e. The summed E-state index contributed by atoms with van der Waals surface area (Å²) < 4.78 is 0. The first-order valence-electron chi connectivity index (χ1n) is 5.79. The molecule has 0 fully saturated rings. The van der Waals surface area contributed by atoms with Crippen LogP contribution in [0.5, 0.6) is 0 Å². The van der Waals surface area contributed by atoms with Crippen LogP contribution in [-0.2, 0) is 0 Å². The average molecular weight is 288 g/mol. The van der Waals surface area contributed by atoms with E-state index in [1.165, 1.54) is 24.3 Å². The molecule has 0 heterocycles. The summed E-state index contributed by atoms with van der Waals surface area (Å²) >= 11 is 5.72. The summed E-state index contributed by atoms with van der Waals surface area (Å²) in [6.45, 7) is 0. The summed E-state index contributed by atoms with van der Waals surface area (Å²) in [5.74, 6) is -0.164. The molecular weight excluding hydrogens is 278 g/mol. The van der Waals surface area contributed by atoms with Crippen molar-refractivity contribution in [3.8, 4) is 0 Å².